The summed E-state index contributed by atoms with van der Waals surface area (Å²) >= 11 is 6.20. The van der Waals surface area contributed by atoms with Gasteiger partial charge in [0.25, 0.3) is 0 Å². The molecule has 0 spiro atoms. The van der Waals surface area contributed by atoms with E-state index in [1.54, 1.807) is 6.20 Å². The van der Waals surface area contributed by atoms with Crippen molar-refractivity contribution in [1.29, 1.82) is 0 Å². The average molecular weight is 595 g/mol. The number of amides is 1. The number of aromatic nitrogens is 4. The summed E-state index contributed by atoms with van der Waals surface area (Å²) in [4.78, 5) is 28.3. The zero-order chi connectivity index (χ0) is 29.2. The number of carbonyl (C=O) groups excluding carboxylic acids is 1. The molecule has 3 heterocycles. The molecule has 220 valence electrons. The fourth-order valence-electron chi connectivity index (χ4n) is 6.13. The minimum Gasteiger partial charge on any atom is -0.369 e. The van der Waals surface area contributed by atoms with E-state index in [4.69, 9.17) is 22.3 Å². The molecule has 0 radical (unpaired) electrons. The fourth-order valence-corrected chi connectivity index (χ4v) is 6.37. The molecule has 2 aliphatic rings. The van der Waals surface area contributed by atoms with Crippen LogP contribution in [0.15, 0.2) is 48.7 Å². The van der Waals surface area contributed by atoms with Gasteiger partial charge in [-0.05, 0) is 56.7 Å². The first-order chi connectivity index (χ1) is 20.3. The van der Waals surface area contributed by atoms with Crippen molar-refractivity contribution in [3.8, 4) is 0 Å². The van der Waals surface area contributed by atoms with E-state index in [1.165, 1.54) is 5.56 Å². The third-order valence-electron chi connectivity index (χ3n) is 8.23. The maximum atomic E-state index is 14.7. The molecule has 0 unspecified atom stereocenters. The molecule has 1 amide bonds. The third-order valence-corrected chi connectivity index (χ3v) is 8.53. The van der Waals surface area contributed by atoms with E-state index >= 15 is 0 Å². The topological polar surface area (TPSA) is 114 Å². The van der Waals surface area contributed by atoms with Gasteiger partial charge in [0, 0.05) is 37.2 Å². The number of carbonyl (C=O) groups is 1. The number of rotatable bonds is 8. The van der Waals surface area contributed by atoms with Crippen LogP contribution in [0.3, 0.4) is 0 Å². The predicted octanol–water partition coefficient (Wildman–Crippen LogP) is 5.79. The second-order valence-corrected chi connectivity index (χ2v) is 11.6. The van der Waals surface area contributed by atoms with Gasteiger partial charge >= 0.3 is 0 Å². The van der Waals surface area contributed by atoms with Crippen molar-refractivity contribution < 1.29 is 13.6 Å². The number of imidazole rings is 1. The first-order valence-corrected chi connectivity index (χ1v) is 14.7. The predicted molar refractivity (Wildman–Crippen MR) is 159 cm³/mol. The molecular weight excluding hydrogens is 562 g/mol. The van der Waals surface area contributed by atoms with Crippen molar-refractivity contribution in [2.45, 2.75) is 57.2 Å². The number of hydrogen-bond donors (Lipinski definition) is 3. The Labute approximate surface area is 247 Å². The summed E-state index contributed by atoms with van der Waals surface area (Å²) in [6.45, 7) is 2.78. The van der Waals surface area contributed by atoms with Crippen molar-refractivity contribution in [2.24, 2.45) is 11.7 Å². The molecule has 1 atom stereocenters. The van der Waals surface area contributed by atoms with Crippen LogP contribution in [-0.2, 0) is 11.3 Å². The number of nitrogens with two attached hydrogens (primary N) is 1. The SMILES string of the molecule is NC(=O)[C@H]1CC[C@@H](n2c(Nc3c(F)cc(F)cc3Cl)nc3cnc(N[C@@H]4CCCN(Cc5ccccc5)C4)nc32)CC1. The molecule has 9 nitrogen and oxygen atoms in total. The van der Waals surface area contributed by atoms with Crippen LogP contribution in [-0.4, -0.2) is 49.5 Å². The van der Waals surface area contributed by atoms with Gasteiger partial charge in [-0.3, -0.25) is 14.3 Å². The van der Waals surface area contributed by atoms with Crippen molar-refractivity contribution in [1.82, 2.24) is 24.4 Å². The van der Waals surface area contributed by atoms with Gasteiger partial charge in [-0.25, -0.2) is 18.7 Å². The van der Waals surface area contributed by atoms with Gasteiger partial charge in [-0.15, -0.1) is 0 Å². The van der Waals surface area contributed by atoms with Crippen LogP contribution >= 0.6 is 11.6 Å². The fraction of sp³-hybridized carbons (Fsp3) is 0.400. The first-order valence-electron chi connectivity index (χ1n) is 14.3. The van der Waals surface area contributed by atoms with Crippen LogP contribution in [0.2, 0.25) is 5.02 Å². The lowest BCUT2D eigenvalue weighted by Crippen LogP contribution is -2.41. The molecule has 6 rings (SSSR count). The Morgan fingerprint density at radius 2 is 1.86 bits per heavy atom. The van der Waals surface area contributed by atoms with E-state index in [-0.39, 0.29) is 34.6 Å². The molecule has 4 N–H and O–H groups in total. The van der Waals surface area contributed by atoms with Gasteiger partial charge < -0.3 is 16.4 Å². The monoisotopic (exact) mass is 594 g/mol. The second kappa shape index (κ2) is 12.2. The number of anilines is 3. The molecule has 2 fully saturated rings. The molecule has 1 saturated heterocycles. The highest BCUT2D eigenvalue weighted by atomic mass is 35.5. The maximum Gasteiger partial charge on any atom is 0.225 e. The summed E-state index contributed by atoms with van der Waals surface area (Å²) in [7, 11) is 0. The number of hydrogen-bond acceptors (Lipinski definition) is 7. The summed E-state index contributed by atoms with van der Waals surface area (Å²) in [6, 6.07) is 12.3. The number of fused-ring (bicyclic) bond motifs is 1. The molecule has 42 heavy (non-hydrogen) atoms. The van der Waals surface area contributed by atoms with Crippen LogP contribution in [0.1, 0.15) is 50.1 Å². The number of piperidine rings is 1. The maximum absolute atomic E-state index is 14.7. The summed E-state index contributed by atoms with van der Waals surface area (Å²) in [5.41, 5.74) is 7.87. The van der Waals surface area contributed by atoms with Crippen LogP contribution in [0.5, 0.6) is 0 Å². The quantitative estimate of drug-likeness (QED) is 0.236. The van der Waals surface area contributed by atoms with Gasteiger partial charge in [0.05, 0.1) is 16.9 Å². The summed E-state index contributed by atoms with van der Waals surface area (Å²) < 4.78 is 30.4. The number of nitrogens with one attached hydrogen (secondary N) is 2. The minimum absolute atomic E-state index is 0.0748. The van der Waals surface area contributed by atoms with Gasteiger partial charge in [-0.2, -0.15) is 4.98 Å². The number of primary amides is 1. The zero-order valence-electron chi connectivity index (χ0n) is 23.1. The molecule has 4 aromatic rings. The van der Waals surface area contributed by atoms with E-state index in [1.807, 2.05) is 10.6 Å². The minimum atomic E-state index is -0.832. The van der Waals surface area contributed by atoms with Crippen molar-refractivity contribution in [3.63, 3.8) is 0 Å². The van der Waals surface area contributed by atoms with E-state index in [0.717, 1.165) is 44.6 Å². The normalized spacial score (nSPS) is 21.4. The summed E-state index contributed by atoms with van der Waals surface area (Å²) in [5, 5.41) is 6.39. The number of nitrogens with zero attached hydrogens (tertiary/aromatic N) is 5. The highest BCUT2D eigenvalue weighted by Gasteiger charge is 2.30. The summed E-state index contributed by atoms with van der Waals surface area (Å²) in [6.07, 6.45) is 6.29. The Kier molecular flexibility index (Phi) is 8.21. The van der Waals surface area contributed by atoms with Gasteiger partial charge in [0.15, 0.2) is 11.5 Å². The number of benzene rings is 2. The molecule has 2 aromatic heterocycles. The number of halogens is 3. The van der Waals surface area contributed by atoms with Gasteiger partial charge in [-0.1, -0.05) is 41.9 Å². The van der Waals surface area contributed by atoms with E-state index in [0.29, 0.717) is 48.7 Å². The Hall–Kier alpha value is -3.83. The van der Waals surface area contributed by atoms with Crippen molar-refractivity contribution in [3.05, 3.63) is 70.9 Å². The van der Waals surface area contributed by atoms with Crippen LogP contribution < -0.4 is 16.4 Å². The lowest BCUT2D eigenvalue weighted by molar-refractivity contribution is -0.122. The Balaban J connectivity index is 1.28. The second-order valence-electron chi connectivity index (χ2n) is 11.2. The van der Waals surface area contributed by atoms with Gasteiger partial charge in [0.2, 0.25) is 17.8 Å². The highest BCUT2D eigenvalue weighted by Crippen LogP contribution is 2.38. The Morgan fingerprint density at radius 1 is 1.07 bits per heavy atom. The molecule has 0 bridgehead atoms. The van der Waals surface area contributed by atoms with Gasteiger partial charge in [0.1, 0.15) is 11.3 Å². The summed E-state index contributed by atoms with van der Waals surface area (Å²) in [5.74, 6) is -1.29. The molecule has 1 saturated carbocycles. The average Bonchev–Trinajstić information content (AvgIpc) is 3.33. The highest BCUT2D eigenvalue weighted by molar-refractivity contribution is 6.33. The zero-order valence-corrected chi connectivity index (χ0v) is 23.8. The lowest BCUT2D eigenvalue weighted by atomic mass is 9.85. The van der Waals surface area contributed by atoms with E-state index in [2.05, 4.69) is 49.8 Å². The van der Waals surface area contributed by atoms with Crippen molar-refractivity contribution in [2.75, 3.05) is 23.7 Å². The molecule has 1 aliphatic heterocycles. The standard InChI is InChI=1S/C30H33ClF2N8O/c31-23-13-20(32)14-24(33)26(23)38-30-37-25-15-35-29(39-28(25)41(30)22-10-8-19(9-11-22)27(34)42)36-21-7-4-12-40(17-21)16-18-5-2-1-3-6-18/h1-3,5-6,13-15,19,21-22H,4,7-12,16-17H2,(H2,34,42)(H,37,38)(H,35,36,39)/t19-,21-,22+/m1/s1. The smallest absolute Gasteiger partial charge is 0.225 e. The molecule has 1 aliphatic carbocycles. The van der Waals surface area contributed by atoms with E-state index in [9.17, 15) is 13.6 Å². The molecule has 2 aromatic carbocycles. The van der Waals surface area contributed by atoms with Crippen LogP contribution in [0, 0.1) is 17.6 Å². The molecular formula is C30H33ClF2N8O. The van der Waals surface area contributed by atoms with Crippen molar-refractivity contribution >= 4 is 46.3 Å². The number of likely N-dealkylation sites (tertiary alicyclic amines) is 1. The Morgan fingerprint density at radius 3 is 2.60 bits per heavy atom. The molecule has 12 heteroatoms. The third kappa shape index (κ3) is 6.17. The largest absolute Gasteiger partial charge is 0.369 e. The van der Waals surface area contributed by atoms with Crippen LogP contribution in [0.25, 0.3) is 11.2 Å². The lowest BCUT2D eigenvalue weighted by Gasteiger charge is -2.33. The van der Waals surface area contributed by atoms with Crippen LogP contribution in [0.4, 0.5) is 26.4 Å². The first kappa shape index (κ1) is 28.3. The van der Waals surface area contributed by atoms with E-state index < -0.39 is 11.6 Å². The Bertz CT molecular complexity index is 1550.